The van der Waals surface area contributed by atoms with Gasteiger partial charge in [0.2, 0.25) is 5.91 Å². The maximum absolute atomic E-state index is 10.8. The maximum atomic E-state index is 10.8. The second-order valence-corrected chi connectivity index (χ2v) is 5.28. The van der Waals surface area contributed by atoms with Crippen LogP contribution in [0.3, 0.4) is 0 Å². The summed E-state index contributed by atoms with van der Waals surface area (Å²) in [5.74, 6) is 1.63. The van der Waals surface area contributed by atoms with Crippen molar-refractivity contribution >= 4 is 5.91 Å². The summed E-state index contributed by atoms with van der Waals surface area (Å²) in [7, 11) is 1.72. The van der Waals surface area contributed by atoms with Gasteiger partial charge in [-0.25, -0.2) is 0 Å². The van der Waals surface area contributed by atoms with Crippen molar-refractivity contribution in [2.24, 2.45) is 0 Å². The van der Waals surface area contributed by atoms with E-state index >= 15 is 0 Å². The Morgan fingerprint density at radius 2 is 2.32 bits per heavy atom. The van der Waals surface area contributed by atoms with E-state index in [0.717, 1.165) is 25.1 Å². The Morgan fingerprint density at radius 3 is 3.05 bits per heavy atom. The van der Waals surface area contributed by atoms with Gasteiger partial charge in [-0.3, -0.25) is 4.79 Å². The lowest BCUT2D eigenvalue weighted by Gasteiger charge is -2.26. The van der Waals surface area contributed by atoms with Crippen LogP contribution in [-0.4, -0.2) is 19.6 Å². The predicted octanol–water partition coefficient (Wildman–Crippen LogP) is 3.03. The zero-order chi connectivity index (χ0) is 13.7. The molecular weight excluding hydrogens is 238 g/mol. The van der Waals surface area contributed by atoms with E-state index in [1.165, 1.54) is 30.4 Å². The first-order valence-corrected chi connectivity index (χ1v) is 7.12. The Balaban J connectivity index is 1.98. The minimum Gasteiger partial charge on any atom is -0.497 e. The molecule has 1 amide bonds. The van der Waals surface area contributed by atoms with Crippen LogP contribution in [-0.2, 0) is 11.2 Å². The smallest absolute Gasteiger partial charge is 0.216 e. The summed E-state index contributed by atoms with van der Waals surface area (Å²) in [6, 6.07) is 6.45. The summed E-state index contributed by atoms with van der Waals surface area (Å²) in [5.41, 5.74) is 2.92. The van der Waals surface area contributed by atoms with Gasteiger partial charge in [-0.05, 0) is 61.3 Å². The number of rotatable bonds is 5. The monoisotopic (exact) mass is 261 g/mol. The van der Waals surface area contributed by atoms with Gasteiger partial charge in [0.15, 0.2) is 0 Å². The number of nitrogens with one attached hydrogen (secondary N) is 1. The molecule has 0 fully saturated rings. The average molecular weight is 261 g/mol. The fourth-order valence-corrected chi connectivity index (χ4v) is 2.91. The van der Waals surface area contributed by atoms with Gasteiger partial charge in [0.1, 0.15) is 5.75 Å². The summed E-state index contributed by atoms with van der Waals surface area (Å²) < 4.78 is 5.33. The number of hydrogen-bond donors (Lipinski definition) is 1. The molecule has 0 aliphatic heterocycles. The van der Waals surface area contributed by atoms with Crippen molar-refractivity contribution in [3.63, 3.8) is 0 Å². The molecule has 1 unspecified atom stereocenters. The van der Waals surface area contributed by atoms with E-state index in [0.29, 0.717) is 5.92 Å². The van der Waals surface area contributed by atoms with Crippen LogP contribution in [0.4, 0.5) is 0 Å². The van der Waals surface area contributed by atoms with Gasteiger partial charge < -0.3 is 10.1 Å². The van der Waals surface area contributed by atoms with E-state index in [1.54, 1.807) is 14.0 Å². The van der Waals surface area contributed by atoms with Crippen LogP contribution in [0.2, 0.25) is 0 Å². The number of methoxy groups -OCH3 is 1. The van der Waals surface area contributed by atoms with Crippen LogP contribution in [0.1, 0.15) is 49.7 Å². The molecule has 3 heteroatoms. The quantitative estimate of drug-likeness (QED) is 0.827. The molecular formula is C16H23NO2. The highest BCUT2D eigenvalue weighted by molar-refractivity contribution is 5.72. The third-order valence-electron chi connectivity index (χ3n) is 3.89. The van der Waals surface area contributed by atoms with Crippen molar-refractivity contribution in [1.29, 1.82) is 0 Å². The van der Waals surface area contributed by atoms with Crippen LogP contribution < -0.4 is 10.1 Å². The first-order valence-electron chi connectivity index (χ1n) is 7.12. The van der Waals surface area contributed by atoms with Crippen molar-refractivity contribution in [3.8, 4) is 5.75 Å². The fourth-order valence-electron chi connectivity index (χ4n) is 2.91. The molecule has 1 aliphatic rings. The van der Waals surface area contributed by atoms with Crippen molar-refractivity contribution in [1.82, 2.24) is 5.32 Å². The molecule has 1 aromatic rings. The molecule has 0 heterocycles. The fraction of sp³-hybridized carbons (Fsp3) is 0.562. The van der Waals surface area contributed by atoms with Crippen LogP contribution in [0.25, 0.3) is 0 Å². The van der Waals surface area contributed by atoms with Crippen molar-refractivity contribution in [2.75, 3.05) is 13.7 Å². The lowest BCUT2D eigenvalue weighted by atomic mass is 9.80. The van der Waals surface area contributed by atoms with Crippen LogP contribution in [0.5, 0.6) is 5.75 Å². The van der Waals surface area contributed by atoms with Gasteiger partial charge in [0, 0.05) is 13.5 Å². The van der Waals surface area contributed by atoms with Crippen molar-refractivity contribution < 1.29 is 9.53 Å². The number of fused-ring (bicyclic) bond motifs is 1. The molecule has 0 spiro atoms. The number of aryl methyl sites for hydroxylation is 1. The molecule has 1 N–H and O–H groups in total. The molecule has 0 radical (unpaired) electrons. The van der Waals surface area contributed by atoms with E-state index in [2.05, 4.69) is 23.5 Å². The Bertz CT molecular complexity index is 442. The van der Waals surface area contributed by atoms with Gasteiger partial charge in [-0.1, -0.05) is 6.07 Å². The second kappa shape index (κ2) is 6.60. The van der Waals surface area contributed by atoms with E-state index in [4.69, 9.17) is 4.74 Å². The minimum absolute atomic E-state index is 0.0608. The predicted molar refractivity (Wildman–Crippen MR) is 76.6 cm³/mol. The Labute approximate surface area is 115 Å². The first-order chi connectivity index (χ1) is 9.20. The Hall–Kier alpha value is -1.51. The zero-order valence-corrected chi connectivity index (χ0v) is 11.9. The topological polar surface area (TPSA) is 38.3 Å². The molecule has 19 heavy (non-hydrogen) atoms. The van der Waals surface area contributed by atoms with Crippen molar-refractivity contribution in [2.45, 2.75) is 44.9 Å². The minimum atomic E-state index is 0.0608. The van der Waals surface area contributed by atoms with Crippen LogP contribution in [0, 0.1) is 0 Å². The molecule has 0 aromatic heterocycles. The molecule has 0 saturated carbocycles. The molecule has 0 bridgehead atoms. The van der Waals surface area contributed by atoms with E-state index in [9.17, 15) is 4.79 Å². The largest absolute Gasteiger partial charge is 0.497 e. The number of benzene rings is 1. The SMILES string of the molecule is COc1ccc2c(c1)C(CCCNC(C)=O)CCC2. The van der Waals surface area contributed by atoms with Gasteiger partial charge in [-0.2, -0.15) is 0 Å². The molecule has 104 valence electrons. The average Bonchev–Trinajstić information content (AvgIpc) is 2.43. The van der Waals surface area contributed by atoms with Gasteiger partial charge >= 0.3 is 0 Å². The number of amides is 1. The van der Waals surface area contributed by atoms with E-state index < -0.39 is 0 Å². The third-order valence-corrected chi connectivity index (χ3v) is 3.89. The number of ether oxygens (including phenoxy) is 1. The molecule has 2 rings (SSSR count). The summed E-state index contributed by atoms with van der Waals surface area (Å²) in [6.45, 7) is 2.35. The molecule has 1 atom stereocenters. The zero-order valence-electron chi connectivity index (χ0n) is 11.9. The van der Waals surface area contributed by atoms with Gasteiger partial charge in [-0.15, -0.1) is 0 Å². The highest BCUT2D eigenvalue weighted by Crippen LogP contribution is 2.36. The highest BCUT2D eigenvalue weighted by Gasteiger charge is 2.20. The molecule has 1 aromatic carbocycles. The normalized spacial score (nSPS) is 17.7. The van der Waals surface area contributed by atoms with E-state index in [1.807, 2.05) is 0 Å². The lowest BCUT2D eigenvalue weighted by Crippen LogP contribution is -2.21. The molecule has 3 nitrogen and oxygen atoms in total. The Morgan fingerprint density at radius 1 is 1.47 bits per heavy atom. The number of carbonyl (C=O) groups is 1. The van der Waals surface area contributed by atoms with Crippen LogP contribution >= 0.6 is 0 Å². The number of hydrogen-bond acceptors (Lipinski definition) is 2. The third kappa shape index (κ3) is 3.72. The highest BCUT2D eigenvalue weighted by atomic mass is 16.5. The standard InChI is InChI=1S/C16H23NO2/c1-12(18)17-10-4-7-13-5-3-6-14-8-9-15(19-2)11-16(13)14/h8-9,11,13H,3-7,10H2,1-2H3,(H,17,18). The molecule has 0 saturated heterocycles. The number of carbonyl (C=O) groups excluding carboxylic acids is 1. The lowest BCUT2D eigenvalue weighted by molar-refractivity contribution is -0.118. The van der Waals surface area contributed by atoms with Crippen LogP contribution in [0.15, 0.2) is 18.2 Å². The van der Waals surface area contributed by atoms with Crippen molar-refractivity contribution in [3.05, 3.63) is 29.3 Å². The first kappa shape index (κ1) is 13.9. The summed E-state index contributed by atoms with van der Waals surface area (Å²) >= 11 is 0. The summed E-state index contributed by atoms with van der Waals surface area (Å²) in [4.78, 5) is 10.8. The molecule has 1 aliphatic carbocycles. The van der Waals surface area contributed by atoms with E-state index in [-0.39, 0.29) is 5.91 Å². The van der Waals surface area contributed by atoms with Gasteiger partial charge in [0.05, 0.1) is 7.11 Å². The van der Waals surface area contributed by atoms with Gasteiger partial charge in [0.25, 0.3) is 0 Å². The maximum Gasteiger partial charge on any atom is 0.216 e. The summed E-state index contributed by atoms with van der Waals surface area (Å²) in [6.07, 6.45) is 5.88. The second-order valence-electron chi connectivity index (χ2n) is 5.28. The Kier molecular flexibility index (Phi) is 4.83. The summed E-state index contributed by atoms with van der Waals surface area (Å²) in [5, 5.41) is 2.87.